The molecule has 0 atom stereocenters. The number of carbonyl (C=O) groups is 2. The Bertz CT molecular complexity index is 1300. The molecule has 0 spiro atoms. The predicted molar refractivity (Wildman–Crippen MR) is 129 cm³/mol. The highest BCUT2D eigenvalue weighted by atomic mass is 32.2. The number of hydrogen-bond acceptors (Lipinski definition) is 5. The fourth-order valence-corrected chi connectivity index (χ4v) is 4.86. The molecule has 0 bridgehead atoms. The molecule has 0 saturated carbocycles. The Labute approximate surface area is 198 Å². The van der Waals surface area contributed by atoms with Gasteiger partial charge in [0.15, 0.2) is 0 Å². The van der Waals surface area contributed by atoms with Gasteiger partial charge in [0.2, 0.25) is 5.91 Å². The lowest BCUT2D eigenvalue weighted by Crippen LogP contribution is -2.41. The SMILES string of the molecule is COc1ccc(N(CC(=O)NCc2cccc(C(=O)O)c2)S(=O)(=O)c2ccc(C)cc2)c(C)c1. The third-order valence-electron chi connectivity index (χ3n) is 5.23. The maximum absolute atomic E-state index is 13.5. The maximum atomic E-state index is 13.5. The number of nitrogens with one attached hydrogen (secondary N) is 1. The lowest BCUT2D eigenvalue weighted by molar-refractivity contribution is -0.119. The van der Waals surface area contributed by atoms with E-state index in [-0.39, 0.29) is 17.0 Å². The Hall–Kier alpha value is -3.85. The van der Waals surface area contributed by atoms with E-state index in [1.807, 2.05) is 6.92 Å². The number of carbonyl (C=O) groups excluding carboxylic acids is 1. The normalized spacial score (nSPS) is 11.0. The van der Waals surface area contributed by atoms with Gasteiger partial charge in [-0.15, -0.1) is 0 Å². The monoisotopic (exact) mass is 482 g/mol. The van der Waals surface area contributed by atoms with E-state index in [1.165, 1.54) is 31.4 Å². The number of hydrogen-bond donors (Lipinski definition) is 2. The summed E-state index contributed by atoms with van der Waals surface area (Å²) >= 11 is 0. The van der Waals surface area contributed by atoms with E-state index < -0.39 is 28.4 Å². The van der Waals surface area contributed by atoms with E-state index in [4.69, 9.17) is 9.84 Å². The highest BCUT2D eigenvalue weighted by molar-refractivity contribution is 7.92. The summed E-state index contributed by atoms with van der Waals surface area (Å²) in [5.74, 6) is -1.04. The van der Waals surface area contributed by atoms with Crippen molar-refractivity contribution >= 4 is 27.6 Å². The van der Waals surface area contributed by atoms with Gasteiger partial charge in [0.1, 0.15) is 12.3 Å². The van der Waals surface area contributed by atoms with Gasteiger partial charge >= 0.3 is 5.97 Å². The van der Waals surface area contributed by atoms with Gasteiger partial charge < -0.3 is 15.2 Å². The zero-order valence-electron chi connectivity index (χ0n) is 19.1. The average molecular weight is 483 g/mol. The molecule has 178 valence electrons. The van der Waals surface area contributed by atoms with E-state index in [0.717, 1.165) is 9.87 Å². The Morgan fingerprint density at radius 2 is 1.71 bits per heavy atom. The van der Waals surface area contributed by atoms with Gasteiger partial charge in [-0.2, -0.15) is 0 Å². The molecule has 8 nitrogen and oxygen atoms in total. The number of sulfonamides is 1. The largest absolute Gasteiger partial charge is 0.497 e. The number of anilines is 1. The van der Waals surface area contributed by atoms with Crippen molar-refractivity contribution in [3.8, 4) is 5.75 Å². The first-order valence-electron chi connectivity index (χ1n) is 10.4. The fraction of sp³-hybridized carbons (Fsp3) is 0.200. The van der Waals surface area contributed by atoms with Crippen LogP contribution in [0.4, 0.5) is 5.69 Å². The molecule has 3 rings (SSSR count). The van der Waals surface area contributed by atoms with Gasteiger partial charge in [-0.25, -0.2) is 13.2 Å². The van der Waals surface area contributed by atoms with Crippen LogP contribution in [0.3, 0.4) is 0 Å². The van der Waals surface area contributed by atoms with Crippen LogP contribution in [-0.4, -0.2) is 39.1 Å². The van der Waals surface area contributed by atoms with Crippen molar-refractivity contribution in [2.24, 2.45) is 0 Å². The van der Waals surface area contributed by atoms with Crippen molar-refractivity contribution < 1.29 is 27.9 Å². The zero-order valence-corrected chi connectivity index (χ0v) is 19.9. The second-order valence-electron chi connectivity index (χ2n) is 7.76. The Kier molecular flexibility index (Phi) is 7.57. The molecule has 2 N–H and O–H groups in total. The van der Waals surface area contributed by atoms with E-state index in [9.17, 15) is 18.0 Å². The van der Waals surface area contributed by atoms with Crippen molar-refractivity contribution in [3.05, 3.63) is 89.0 Å². The number of aryl methyl sites for hydroxylation is 2. The quantitative estimate of drug-likeness (QED) is 0.483. The van der Waals surface area contributed by atoms with Gasteiger partial charge in [0.05, 0.1) is 23.3 Å². The van der Waals surface area contributed by atoms with Crippen molar-refractivity contribution in [3.63, 3.8) is 0 Å². The molecule has 9 heteroatoms. The number of carboxylic acid groups (broad SMARTS) is 1. The van der Waals surface area contributed by atoms with Crippen LogP contribution in [0.1, 0.15) is 27.0 Å². The molecule has 0 saturated heterocycles. The van der Waals surface area contributed by atoms with Crippen LogP contribution in [0, 0.1) is 13.8 Å². The predicted octanol–water partition coefficient (Wildman–Crippen LogP) is 3.52. The molecule has 34 heavy (non-hydrogen) atoms. The van der Waals surface area contributed by atoms with Crippen molar-refractivity contribution in [1.82, 2.24) is 5.32 Å². The van der Waals surface area contributed by atoms with Crippen LogP contribution >= 0.6 is 0 Å². The summed E-state index contributed by atoms with van der Waals surface area (Å²) in [6.07, 6.45) is 0. The summed E-state index contributed by atoms with van der Waals surface area (Å²) in [4.78, 5) is 24.1. The maximum Gasteiger partial charge on any atom is 0.335 e. The highest BCUT2D eigenvalue weighted by Crippen LogP contribution is 2.29. The Morgan fingerprint density at radius 1 is 1.00 bits per heavy atom. The third-order valence-corrected chi connectivity index (χ3v) is 7.01. The molecule has 0 radical (unpaired) electrons. The molecule has 0 heterocycles. The van der Waals surface area contributed by atoms with Crippen molar-refractivity contribution in [1.29, 1.82) is 0 Å². The molecule has 0 unspecified atom stereocenters. The topological polar surface area (TPSA) is 113 Å². The molecule has 0 aromatic heterocycles. The molecule has 1 amide bonds. The lowest BCUT2D eigenvalue weighted by Gasteiger charge is -2.26. The van der Waals surface area contributed by atoms with Crippen LogP contribution in [0.25, 0.3) is 0 Å². The molecular formula is C25H26N2O6S. The first-order chi connectivity index (χ1) is 16.1. The summed E-state index contributed by atoms with van der Waals surface area (Å²) < 4.78 is 33.3. The highest BCUT2D eigenvalue weighted by Gasteiger charge is 2.28. The van der Waals surface area contributed by atoms with Crippen molar-refractivity contribution in [2.75, 3.05) is 18.0 Å². The minimum absolute atomic E-state index is 0.0555. The lowest BCUT2D eigenvalue weighted by atomic mass is 10.1. The van der Waals surface area contributed by atoms with Crippen LogP contribution < -0.4 is 14.4 Å². The minimum Gasteiger partial charge on any atom is -0.497 e. The summed E-state index contributed by atoms with van der Waals surface area (Å²) in [7, 11) is -2.54. The zero-order chi connectivity index (χ0) is 24.9. The summed E-state index contributed by atoms with van der Waals surface area (Å²) in [5, 5.41) is 11.8. The first kappa shape index (κ1) is 24.8. The number of carboxylic acids is 1. The number of rotatable bonds is 9. The number of methoxy groups -OCH3 is 1. The smallest absolute Gasteiger partial charge is 0.335 e. The number of nitrogens with zero attached hydrogens (tertiary/aromatic N) is 1. The summed E-state index contributed by atoms with van der Waals surface area (Å²) in [5.41, 5.74) is 2.57. The van der Waals surface area contributed by atoms with Gasteiger partial charge in [-0.3, -0.25) is 9.10 Å². The van der Waals surface area contributed by atoms with Crippen LogP contribution in [0.15, 0.2) is 71.6 Å². The van der Waals surface area contributed by atoms with Crippen LogP contribution in [0.2, 0.25) is 0 Å². The third kappa shape index (κ3) is 5.74. The van der Waals surface area contributed by atoms with Crippen molar-refractivity contribution in [2.45, 2.75) is 25.3 Å². The molecule has 0 aliphatic rings. The molecule has 0 aliphatic heterocycles. The minimum atomic E-state index is -4.05. The second-order valence-corrected chi connectivity index (χ2v) is 9.62. The molecule has 0 aliphatic carbocycles. The Balaban J connectivity index is 1.89. The summed E-state index contributed by atoms with van der Waals surface area (Å²) in [6, 6.07) is 17.5. The molecule has 0 fully saturated rings. The van der Waals surface area contributed by atoms with E-state index in [2.05, 4.69) is 5.32 Å². The Morgan fingerprint density at radius 3 is 2.32 bits per heavy atom. The van der Waals surface area contributed by atoms with Crippen LogP contribution in [0.5, 0.6) is 5.75 Å². The summed E-state index contributed by atoms with van der Waals surface area (Å²) in [6.45, 7) is 3.20. The second kappa shape index (κ2) is 10.4. The number of ether oxygens (including phenoxy) is 1. The van der Waals surface area contributed by atoms with E-state index in [1.54, 1.807) is 49.4 Å². The van der Waals surface area contributed by atoms with Gasteiger partial charge in [-0.05, 0) is 67.4 Å². The standard InChI is InChI=1S/C25H26N2O6S/c1-17-7-10-22(11-8-17)34(31,32)27(23-12-9-21(33-3)13-18(23)2)16-24(28)26-15-19-5-4-6-20(14-19)25(29)30/h4-14H,15-16H2,1-3H3,(H,26,28)(H,29,30). The number of benzene rings is 3. The van der Waals surface area contributed by atoms with E-state index >= 15 is 0 Å². The van der Waals surface area contributed by atoms with Crippen LogP contribution in [-0.2, 0) is 21.4 Å². The van der Waals surface area contributed by atoms with Gasteiger partial charge in [-0.1, -0.05) is 29.8 Å². The van der Waals surface area contributed by atoms with Gasteiger partial charge in [0.25, 0.3) is 10.0 Å². The van der Waals surface area contributed by atoms with Gasteiger partial charge in [0, 0.05) is 6.54 Å². The molecule has 3 aromatic carbocycles. The molecule has 3 aromatic rings. The average Bonchev–Trinajstić information content (AvgIpc) is 2.81. The number of aromatic carboxylic acids is 1. The first-order valence-corrected chi connectivity index (χ1v) is 11.9. The van der Waals surface area contributed by atoms with E-state index in [0.29, 0.717) is 22.6 Å². The number of amides is 1. The molecular weight excluding hydrogens is 456 g/mol. The fourth-order valence-electron chi connectivity index (χ4n) is 3.37.